The molecule has 1 aliphatic carbocycles. The Kier molecular flexibility index (Phi) is 7.40. The topological polar surface area (TPSA) is 58.6 Å². The molecule has 0 bridgehead atoms. The minimum absolute atomic E-state index is 0.0870. The van der Waals surface area contributed by atoms with Crippen molar-refractivity contribution in [3.63, 3.8) is 0 Å². The van der Waals surface area contributed by atoms with E-state index in [1.807, 2.05) is 83.8 Å². The molecule has 33 heavy (non-hydrogen) atoms. The van der Waals surface area contributed by atoms with E-state index >= 15 is 0 Å². The lowest BCUT2D eigenvalue weighted by Crippen LogP contribution is -2.35. The highest BCUT2D eigenvalue weighted by Gasteiger charge is 2.28. The molecule has 0 heterocycles. The lowest BCUT2D eigenvalue weighted by Gasteiger charge is -2.26. The summed E-state index contributed by atoms with van der Waals surface area (Å²) in [6.07, 6.45) is 4.44. The van der Waals surface area contributed by atoms with Gasteiger partial charge in [-0.2, -0.15) is 0 Å². The molecule has 0 atom stereocenters. The van der Waals surface area contributed by atoms with Crippen molar-refractivity contribution in [2.75, 3.05) is 17.3 Å². The molecule has 3 aromatic rings. The average molecular weight is 443 g/mol. The Bertz CT molecular complexity index is 1060. The number of methoxy groups -OCH3 is 1. The predicted molar refractivity (Wildman–Crippen MR) is 131 cm³/mol. The van der Waals surface area contributed by atoms with E-state index in [4.69, 9.17) is 4.74 Å². The number of nitrogens with zero attached hydrogens (tertiary/aromatic N) is 1. The minimum Gasteiger partial charge on any atom is -0.497 e. The third kappa shape index (κ3) is 6.01. The van der Waals surface area contributed by atoms with Gasteiger partial charge in [0.2, 0.25) is 11.8 Å². The molecule has 1 N–H and O–H groups in total. The van der Waals surface area contributed by atoms with Crippen LogP contribution in [0.5, 0.6) is 5.75 Å². The van der Waals surface area contributed by atoms with Gasteiger partial charge in [-0.05, 0) is 60.4 Å². The van der Waals surface area contributed by atoms with Crippen LogP contribution in [0.25, 0.3) is 0 Å². The first-order valence-corrected chi connectivity index (χ1v) is 11.5. The Hall–Kier alpha value is -3.60. The normalized spacial score (nSPS) is 13.5. The van der Waals surface area contributed by atoms with Crippen LogP contribution in [0.4, 0.5) is 11.4 Å². The molecule has 170 valence electrons. The first-order valence-electron chi connectivity index (χ1n) is 11.5. The summed E-state index contributed by atoms with van der Waals surface area (Å²) in [6, 6.07) is 25.1. The number of ether oxygens (including phenoxy) is 1. The van der Waals surface area contributed by atoms with Gasteiger partial charge < -0.3 is 15.0 Å². The van der Waals surface area contributed by atoms with Gasteiger partial charge in [0.25, 0.3) is 0 Å². The van der Waals surface area contributed by atoms with Crippen molar-refractivity contribution in [3.8, 4) is 5.75 Å². The van der Waals surface area contributed by atoms with Crippen LogP contribution in [0.3, 0.4) is 0 Å². The summed E-state index contributed by atoms with van der Waals surface area (Å²) in [5, 5.41) is 2.91. The van der Waals surface area contributed by atoms with Gasteiger partial charge >= 0.3 is 0 Å². The molecule has 1 saturated carbocycles. The van der Waals surface area contributed by atoms with Crippen LogP contribution in [-0.4, -0.2) is 18.9 Å². The van der Waals surface area contributed by atoms with Gasteiger partial charge in [-0.3, -0.25) is 9.59 Å². The first kappa shape index (κ1) is 22.6. The number of anilines is 2. The van der Waals surface area contributed by atoms with Crippen molar-refractivity contribution in [1.29, 1.82) is 0 Å². The quantitative estimate of drug-likeness (QED) is 0.494. The number of rotatable bonds is 8. The third-order valence-electron chi connectivity index (χ3n) is 6.14. The lowest BCUT2D eigenvalue weighted by atomic mass is 10.0. The third-order valence-corrected chi connectivity index (χ3v) is 6.14. The van der Waals surface area contributed by atoms with Crippen molar-refractivity contribution < 1.29 is 14.3 Å². The molecule has 0 aromatic heterocycles. The molecule has 5 heteroatoms. The van der Waals surface area contributed by atoms with Gasteiger partial charge in [0.1, 0.15) is 5.75 Å². The molecule has 2 amide bonds. The van der Waals surface area contributed by atoms with Crippen molar-refractivity contribution in [2.24, 2.45) is 5.92 Å². The van der Waals surface area contributed by atoms with Gasteiger partial charge in [-0.1, -0.05) is 55.3 Å². The van der Waals surface area contributed by atoms with Crippen LogP contribution < -0.4 is 15.0 Å². The number of carbonyl (C=O) groups is 2. The standard InChI is InChI=1S/C28H30N2O3/c1-33-26-17-13-24(14-18-26)29-27(31)19-21-11-15-25(16-12-21)30(20-22-7-3-2-4-8-22)28(32)23-9-5-6-10-23/h2-4,7-8,11-18,23H,5-6,9-10,19-20H2,1H3,(H,29,31). The first-order chi connectivity index (χ1) is 16.1. The van der Waals surface area contributed by atoms with E-state index in [2.05, 4.69) is 5.32 Å². The summed E-state index contributed by atoms with van der Waals surface area (Å²) in [7, 11) is 1.61. The molecule has 0 unspecified atom stereocenters. The summed E-state index contributed by atoms with van der Waals surface area (Å²) in [4.78, 5) is 27.7. The van der Waals surface area contributed by atoms with Crippen molar-refractivity contribution in [1.82, 2.24) is 0 Å². The fourth-order valence-corrected chi connectivity index (χ4v) is 4.31. The van der Waals surface area contributed by atoms with E-state index in [1.165, 1.54) is 0 Å². The highest BCUT2D eigenvalue weighted by molar-refractivity contribution is 5.95. The summed E-state index contributed by atoms with van der Waals surface area (Å²) >= 11 is 0. The van der Waals surface area contributed by atoms with Gasteiger partial charge in [-0.25, -0.2) is 0 Å². The molecule has 1 aliphatic rings. The van der Waals surface area contributed by atoms with E-state index in [0.29, 0.717) is 6.54 Å². The molecule has 0 spiro atoms. The number of amides is 2. The smallest absolute Gasteiger partial charge is 0.230 e. The molecular weight excluding hydrogens is 412 g/mol. The van der Waals surface area contributed by atoms with E-state index in [1.54, 1.807) is 7.11 Å². The Labute approximate surface area is 195 Å². The zero-order valence-electron chi connectivity index (χ0n) is 19.0. The number of nitrogens with one attached hydrogen (secondary N) is 1. The molecule has 4 rings (SSSR count). The van der Waals surface area contributed by atoms with Crippen molar-refractivity contribution in [3.05, 3.63) is 90.0 Å². The summed E-state index contributed by atoms with van der Waals surface area (Å²) in [6.45, 7) is 0.549. The average Bonchev–Trinajstić information content (AvgIpc) is 3.39. The second-order valence-corrected chi connectivity index (χ2v) is 8.51. The Morgan fingerprint density at radius 1 is 0.879 bits per heavy atom. The monoisotopic (exact) mass is 442 g/mol. The second-order valence-electron chi connectivity index (χ2n) is 8.51. The van der Waals surface area contributed by atoms with E-state index in [-0.39, 0.29) is 24.2 Å². The summed E-state index contributed by atoms with van der Waals surface area (Å²) in [5.41, 5.74) is 3.60. The van der Waals surface area contributed by atoms with E-state index < -0.39 is 0 Å². The fraction of sp³-hybridized carbons (Fsp3) is 0.286. The fourth-order valence-electron chi connectivity index (χ4n) is 4.31. The molecule has 0 radical (unpaired) electrons. The van der Waals surface area contributed by atoms with Crippen molar-refractivity contribution in [2.45, 2.75) is 38.6 Å². The number of hydrogen-bond acceptors (Lipinski definition) is 3. The van der Waals surface area contributed by atoms with Gasteiger partial charge in [0.15, 0.2) is 0 Å². The van der Waals surface area contributed by atoms with Crippen LogP contribution in [0, 0.1) is 5.92 Å². The minimum atomic E-state index is -0.0870. The lowest BCUT2D eigenvalue weighted by molar-refractivity contribution is -0.122. The summed E-state index contributed by atoms with van der Waals surface area (Å²) < 4.78 is 5.15. The predicted octanol–water partition coefficient (Wildman–Crippen LogP) is 5.60. The van der Waals surface area contributed by atoms with Gasteiger partial charge in [0, 0.05) is 17.3 Å². The molecule has 5 nitrogen and oxygen atoms in total. The molecular formula is C28H30N2O3. The SMILES string of the molecule is COc1ccc(NC(=O)Cc2ccc(N(Cc3ccccc3)C(=O)C3CCCC3)cc2)cc1. The maximum Gasteiger partial charge on any atom is 0.230 e. The van der Waals surface area contributed by atoms with Crippen LogP contribution >= 0.6 is 0 Å². The zero-order chi connectivity index (χ0) is 23.0. The number of benzene rings is 3. The van der Waals surface area contributed by atoms with Crippen LogP contribution in [-0.2, 0) is 22.6 Å². The summed E-state index contributed by atoms with van der Waals surface area (Å²) in [5.74, 6) is 0.955. The maximum absolute atomic E-state index is 13.3. The van der Waals surface area contributed by atoms with Crippen LogP contribution in [0.1, 0.15) is 36.8 Å². The van der Waals surface area contributed by atoms with Crippen LogP contribution in [0.15, 0.2) is 78.9 Å². The highest BCUT2D eigenvalue weighted by atomic mass is 16.5. The molecule has 0 saturated heterocycles. The van der Waals surface area contributed by atoms with E-state index in [9.17, 15) is 9.59 Å². The number of hydrogen-bond donors (Lipinski definition) is 1. The van der Waals surface area contributed by atoms with E-state index in [0.717, 1.165) is 53.9 Å². The van der Waals surface area contributed by atoms with Crippen molar-refractivity contribution >= 4 is 23.2 Å². The molecule has 0 aliphatic heterocycles. The van der Waals surface area contributed by atoms with Crippen LogP contribution in [0.2, 0.25) is 0 Å². The van der Waals surface area contributed by atoms with Gasteiger partial charge in [-0.15, -0.1) is 0 Å². The zero-order valence-corrected chi connectivity index (χ0v) is 19.0. The largest absolute Gasteiger partial charge is 0.497 e. The van der Waals surface area contributed by atoms with Gasteiger partial charge in [0.05, 0.1) is 20.1 Å². The Balaban J connectivity index is 1.44. The second kappa shape index (κ2) is 10.8. The Morgan fingerprint density at radius 2 is 1.55 bits per heavy atom. The maximum atomic E-state index is 13.3. The Morgan fingerprint density at radius 3 is 2.18 bits per heavy atom. The highest BCUT2D eigenvalue weighted by Crippen LogP contribution is 2.30. The molecule has 3 aromatic carbocycles. The number of carbonyl (C=O) groups excluding carboxylic acids is 2. The molecule has 1 fully saturated rings.